The number of anilines is 2. The first kappa shape index (κ1) is 22.0. The zero-order chi connectivity index (χ0) is 22.8. The molecule has 2 N–H and O–H groups in total. The molecule has 11 nitrogen and oxygen atoms in total. The second-order valence-corrected chi connectivity index (χ2v) is 8.73. The molecular weight excluding hydrogens is 428 g/mol. The lowest BCUT2D eigenvalue weighted by molar-refractivity contribution is -0.384. The number of amides is 1. The number of hydrogen-bond donors (Lipinski definition) is 2. The molecule has 12 heteroatoms. The second-order valence-electron chi connectivity index (χ2n) is 6.98. The summed E-state index contributed by atoms with van der Waals surface area (Å²) in [6, 6.07) is 8.75. The van der Waals surface area contributed by atoms with Crippen molar-refractivity contribution in [1.29, 1.82) is 0 Å². The lowest BCUT2D eigenvalue weighted by atomic mass is 10.2. The highest BCUT2D eigenvalue weighted by Crippen LogP contribution is 2.22. The summed E-state index contributed by atoms with van der Waals surface area (Å²) < 4.78 is 31.6. The van der Waals surface area contributed by atoms with Crippen LogP contribution in [0.25, 0.3) is 11.1 Å². The summed E-state index contributed by atoms with van der Waals surface area (Å²) in [5, 5.41) is 13.5. The van der Waals surface area contributed by atoms with Crippen LogP contribution in [-0.4, -0.2) is 30.1 Å². The van der Waals surface area contributed by atoms with Crippen molar-refractivity contribution in [3.05, 3.63) is 62.6 Å². The number of oxazole rings is 1. The van der Waals surface area contributed by atoms with Crippen LogP contribution >= 0.6 is 0 Å². The maximum Gasteiger partial charge on any atom is 0.419 e. The van der Waals surface area contributed by atoms with E-state index in [2.05, 4.69) is 10.0 Å². The van der Waals surface area contributed by atoms with E-state index >= 15 is 0 Å². The predicted molar refractivity (Wildman–Crippen MR) is 115 cm³/mol. The molecule has 0 unspecified atom stereocenters. The zero-order valence-electron chi connectivity index (χ0n) is 16.7. The fourth-order valence-corrected chi connectivity index (χ4v) is 3.63. The van der Waals surface area contributed by atoms with E-state index in [1.807, 2.05) is 0 Å². The first-order valence-electron chi connectivity index (χ1n) is 9.19. The Morgan fingerprint density at radius 2 is 1.97 bits per heavy atom. The van der Waals surface area contributed by atoms with E-state index in [1.54, 1.807) is 19.1 Å². The number of benzene rings is 2. The molecule has 31 heavy (non-hydrogen) atoms. The summed E-state index contributed by atoms with van der Waals surface area (Å²) in [6.45, 7) is 1.92. The fraction of sp³-hybridized carbons (Fsp3) is 0.263. The number of sulfonamides is 1. The quantitative estimate of drug-likeness (QED) is 0.396. The van der Waals surface area contributed by atoms with Gasteiger partial charge in [-0.15, -0.1) is 0 Å². The third-order valence-corrected chi connectivity index (χ3v) is 5.06. The van der Waals surface area contributed by atoms with Gasteiger partial charge in [-0.1, -0.05) is 6.07 Å². The smallest absolute Gasteiger partial charge is 0.407 e. The molecule has 3 rings (SSSR count). The van der Waals surface area contributed by atoms with Crippen LogP contribution in [-0.2, 0) is 21.4 Å². The van der Waals surface area contributed by atoms with E-state index in [1.165, 1.54) is 28.8 Å². The van der Waals surface area contributed by atoms with Gasteiger partial charge in [0, 0.05) is 24.7 Å². The molecule has 0 aliphatic heterocycles. The Morgan fingerprint density at radius 3 is 2.65 bits per heavy atom. The standard InChI is InChI=1S/C19H20N4O7S/c1-12-5-6-13(10-15(12)21-31(2,28)29)20-18(24)4-3-9-22-16-8-7-14(23(26)27)11-17(16)30-19(22)25/h5-8,10-11,21H,3-4,9H2,1-2H3,(H,20,24). The summed E-state index contributed by atoms with van der Waals surface area (Å²) in [5.41, 5.74) is 1.83. The van der Waals surface area contributed by atoms with Gasteiger partial charge in [-0.2, -0.15) is 0 Å². The number of aromatic nitrogens is 1. The van der Waals surface area contributed by atoms with Crippen LogP contribution in [0.15, 0.2) is 45.6 Å². The number of fused-ring (bicyclic) bond motifs is 1. The Labute approximate surface area is 176 Å². The van der Waals surface area contributed by atoms with E-state index in [4.69, 9.17) is 4.42 Å². The molecule has 0 spiro atoms. The number of nitro groups is 1. The van der Waals surface area contributed by atoms with Gasteiger partial charge >= 0.3 is 5.76 Å². The fourth-order valence-electron chi connectivity index (χ4n) is 3.01. The first-order valence-corrected chi connectivity index (χ1v) is 11.1. The topological polar surface area (TPSA) is 154 Å². The average molecular weight is 448 g/mol. The molecule has 0 aliphatic carbocycles. The summed E-state index contributed by atoms with van der Waals surface area (Å²) in [6.07, 6.45) is 1.45. The Bertz CT molecular complexity index is 1320. The van der Waals surface area contributed by atoms with Crippen molar-refractivity contribution < 1.29 is 22.6 Å². The normalized spacial score (nSPS) is 11.4. The summed E-state index contributed by atoms with van der Waals surface area (Å²) in [4.78, 5) is 34.6. The van der Waals surface area contributed by atoms with Crippen LogP contribution < -0.4 is 15.8 Å². The Morgan fingerprint density at radius 1 is 1.23 bits per heavy atom. The molecule has 1 aromatic heterocycles. The molecule has 0 saturated heterocycles. The van der Waals surface area contributed by atoms with Crippen molar-refractivity contribution >= 4 is 44.1 Å². The van der Waals surface area contributed by atoms with Gasteiger partial charge in [0.2, 0.25) is 15.9 Å². The molecule has 2 aromatic carbocycles. The molecular formula is C19H20N4O7S. The maximum atomic E-state index is 12.3. The number of nitrogens with one attached hydrogen (secondary N) is 2. The SMILES string of the molecule is Cc1ccc(NC(=O)CCCn2c(=O)oc3cc([N+](=O)[O-])ccc32)cc1NS(C)(=O)=O. The maximum absolute atomic E-state index is 12.3. The highest BCUT2D eigenvalue weighted by molar-refractivity contribution is 7.92. The number of non-ortho nitro benzene ring substituents is 1. The van der Waals surface area contributed by atoms with Crippen LogP contribution in [0.4, 0.5) is 17.1 Å². The predicted octanol–water partition coefficient (Wildman–Crippen LogP) is 2.60. The number of carbonyl (C=O) groups excluding carboxylic acids is 1. The molecule has 0 bridgehead atoms. The van der Waals surface area contributed by atoms with Crippen molar-refractivity contribution in [2.24, 2.45) is 0 Å². The number of rotatable bonds is 8. The number of nitro benzene ring substituents is 1. The van der Waals surface area contributed by atoms with E-state index in [0.29, 0.717) is 28.9 Å². The summed E-state index contributed by atoms with van der Waals surface area (Å²) >= 11 is 0. The van der Waals surface area contributed by atoms with Crippen LogP contribution in [0.5, 0.6) is 0 Å². The van der Waals surface area contributed by atoms with Gasteiger partial charge in [-0.25, -0.2) is 13.2 Å². The van der Waals surface area contributed by atoms with Gasteiger partial charge in [0.25, 0.3) is 5.69 Å². The number of carbonyl (C=O) groups is 1. The molecule has 3 aromatic rings. The molecule has 0 saturated carbocycles. The molecule has 0 fully saturated rings. The van der Waals surface area contributed by atoms with Crippen molar-refractivity contribution in [3.8, 4) is 0 Å². The minimum absolute atomic E-state index is 0.0921. The Hall–Kier alpha value is -3.67. The van der Waals surface area contributed by atoms with Gasteiger partial charge < -0.3 is 9.73 Å². The number of hydrogen-bond acceptors (Lipinski definition) is 7. The molecule has 0 atom stereocenters. The van der Waals surface area contributed by atoms with Crippen LogP contribution in [0.1, 0.15) is 18.4 Å². The van der Waals surface area contributed by atoms with E-state index in [9.17, 15) is 28.1 Å². The largest absolute Gasteiger partial charge is 0.419 e. The molecule has 1 amide bonds. The van der Waals surface area contributed by atoms with Crippen LogP contribution in [0.3, 0.4) is 0 Å². The highest BCUT2D eigenvalue weighted by Gasteiger charge is 2.14. The molecule has 1 heterocycles. The molecule has 0 radical (unpaired) electrons. The Kier molecular flexibility index (Phi) is 6.11. The van der Waals surface area contributed by atoms with Gasteiger partial charge in [-0.05, 0) is 37.1 Å². The minimum Gasteiger partial charge on any atom is -0.407 e. The molecule has 0 aliphatic rings. The van der Waals surface area contributed by atoms with Gasteiger partial charge in [-0.3, -0.25) is 24.2 Å². The van der Waals surface area contributed by atoms with Crippen LogP contribution in [0, 0.1) is 17.0 Å². The van der Waals surface area contributed by atoms with E-state index in [0.717, 1.165) is 6.26 Å². The lowest BCUT2D eigenvalue weighted by Crippen LogP contribution is -2.17. The van der Waals surface area contributed by atoms with Crippen LogP contribution in [0.2, 0.25) is 0 Å². The zero-order valence-corrected chi connectivity index (χ0v) is 17.6. The van der Waals surface area contributed by atoms with Gasteiger partial charge in [0.15, 0.2) is 5.58 Å². The third-order valence-electron chi connectivity index (χ3n) is 4.46. The van der Waals surface area contributed by atoms with Gasteiger partial charge in [0.1, 0.15) is 0 Å². The van der Waals surface area contributed by atoms with E-state index in [-0.39, 0.29) is 30.1 Å². The number of nitrogens with zero attached hydrogens (tertiary/aromatic N) is 2. The average Bonchev–Trinajstić information content (AvgIpc) is 2.98. The third kappa shape index (κ3) is 5.48. The highest BCUT2D eigenvalue weighted by atomic mass is 32.2. The van der Waals surface area contributed by atoms with Crippen molar-refractivity contribution in [3.63, 3.8) is 0 Å². The van der Waals surface area contributed by atoms with Crippen molar-refractivity contribution in [2.45, 2.75) is 26.3 Å². The first-order chi connectivity index (χ1) is 14.5. The molecule has 164 valence electrons. The van der Waals surface area contributed by atoms with Crippen molar-refractivity contribution in [2.75, 3.05) is 16.3 Å². The summed E-state index contributed by atoms with van der Waals surface area (Å²) in [7, 11) is -3.46. The number of aryl methyl sites for hydroxylation is 2. The minimum atomic E-state index is -3.46. The lowest BCUT2D eigenvalue weighted by Gasteiger charge is -2.11. The Balaban J connectivity index is 1.63. The monoisotopic (exact) mass is 448 g/mol. The summed E-state index contributed by atoms with van der Waals surface area (Å²) in [5.74, 6) is -0.975. The van der Waals surface area contributed by atoms with E-state index < -0.39 is 20.7 Å². The van der Waals surface area contributed by atoms with Gasteiger partial charge in [0.05, 0.1) is 28.4 Å². The van der Waals surface area contributed by atoms with Crippen molar-refractivity contribution in [1.82, 2.24) is 4.57 Å². The second kappa shape index (κ2) is 8.60.